The molecule has 0 aromatic carbocycles. The van der Waals surface area contributed by atoms with Crippen LogP contribution < -0.4 is 0 Å². The Labute approximate surface area is 87.4 Å². The van der Waals surface area contributed by atoms with Crippen LogP contribution in [0.25, 0.3) is 0 Å². The molecule has 1 aliphatic heterocycles. The second-order valence-electron chi connectivity index (χ2n) is 4.12. The maximum Gasteiger partial charge on any atom is 0.0351 e. The maximum absolute atomic E-state index is 5.74. The molecule has 0 aliphatic carbocycles. The van der Waals surface area contributed by atoms with Crippen molar-refractivity contribution in [2.24, 2.45) is 5.92 Å². The van der Waals surface area contributed by atoms with Crippen LogP contribution >= 0.6 is 11.6 Å². The predicted molar refractivity (Wildman–Crippen MR) is 59.4 cm³/mol. The summed E-state index contributed by atoms with van der Waals surface area (Å²) in [5, 5.41) is 0. The van der Waals surface area contributed by atoms with Crippen molar-refractivity contribution < 1.29 is 0 Å². The molecule has 1 atom stereocenters. The average molecular weight is 204 g/mol. The van der Waals surface area contributed by atoms with Crippen LogP contribution in [-0.2, 0) is 0 Å². The smallest absolute Gasteiger partial charge is 0.0351 e. The number of alkyl halides is 1. The second-order valence-corrected chi connectivity index (χ2v) is 4.49. The van der Waals surface area contributed by atoms with Crippen LogP contribution in [0, 0.1) is 5.92 Å². The first-order valence-electron chi connectivity index (χ1n) is 5.65. The van der Waals surface area contributed by atoms with Crippen molar-refractivity contribution in [2.75, 3.05) is 25.5 Å². The molecular formula is C11H22ClN. The van der Waals surface area contributed by atoms with Gasteiger partial charge < -0.3 is 4.90 Å². The minimum atomic E-state index is 0.790. The Morgan fingerprint density at radius 3 is 2.85 bits per heavy atom. The Bertz CT molecular complexity index is 113. The van der Waals surface area contributed by atoms with E-state index in [1.807, 2.05) is 0 Å². The zero-order valence-electron chi connectivity index (χ0n) is 8.77. The third-order valence-electron chi connectivity index (χ3n) is 3.04. The quantitative estimate of drug-likeness (QED) is 0.635. The topological polar surface area (TPSA) is 3.24 Å². The molecule has 1 fully saturated rings. The minimum absolute atomic E-state index is 0.790. The van der Waals surface area contributed by atoms with Gasteiger partial charge in [0, 0.05) is 12.4 Å². The van der Waals surface area contributed by atoms with Gasteiger partial charge in [0.05, 0.1) is 0 Å². The van der Waals surface area contributed by atoms with Crippen molar-refractivity contribution in [3.8, 4) is 0 Å². The molecule has 0 spiro atoms. The van der Waals surface area contributed by atoms with E-state index in [-0.39, 0.29) is 0 Å². The zero-order valence-corrected chi connectivity index (χ0v) is 9.52. The molecule has 0 amide bonds. The summed E-state index contributed by atoms with van der Waals surface area (Å²) in [7, 11) is 0. The van der Waals surface area contributed by atoms with Crippen LogP contribution in [0.15, 0.2) is 0 Å². The van der Waals surface area contributed by atoms with Crippen molar-refractivity contribution >= 4 is 11.6 Å². The van der Waals surface area contributed by atoms with Gasteiger partial charge in [0.2, 0.25) is 0 Å². The Morgan fingerprint density at radius 1 is 1.31 bits per heavy atom. The molecule has 0 aromatic rings. The van der Waals surface area contributed by atoms with Gasteiger partial charge in [0.15, 0.2) is 0 Å². The number of hydrogen-bond donors (Lipinski definition) is 0. The van der Waals surface area contributed by atoms with Crippen molar-refractivity contribution in [2.45, 2.75) is 39.0 Å². The van der Waals surface area contributed by atoms with Gasteiger partial charge in [0.1, 0.15) is 0 Å². The molecular weight excluding hydrogens is 182 g/mol. The van der Waals surface area contributed by atoms with Crippen LogP contribution in [-0.4, -0.2) is 30.4 Å². The Hall–Kier alpha value is 0.250. The van der Waals surface area contributed by atoms with Crippen LogP contribution in [0.5, 0.6) is 0 Å². The van der Waals surface area contributed by atoms with Gasteiger partial charge >= 0.3 is 0 Å². The van der Waals surface area contributed by atoms with Gasteiger partial charge in [-0.2, -0.15) is 0 Å². The first kappa shape index (κ1) is 11.3. The summed E-state index contributed by atoms with van der Waals surface area (Å²) < 4.78 is 0. The highest BCUT2D eigenvalue weighted by molar-refractivity contribution is 6.18. The Balaban J connectivity index is 2.22. The first-order valence-corrected chi connectivity index (χ1v) is 6.18. The molecule has 13 heavy (non-hydrogen) atoms. The number of halogens is 1. The lowest BCUT2D eigenvalue weighted by Crippen LogP contribution is -2.26. The van der Waals surface area contributed by atoms with E-state index >= 15 is 0 Å². The van der Waals surface area contributed by atoms with E-state index in [1.54, 1.807) is 0 Å². The standard InChI is InChI=1S/C11H22ClN/c1-2-4-11-5-3-8-13(9-6-11)10-7-12/h11H,2-10H2,1H3. The maximum atomic E-state index is 5.74. The third kappa shape index (κ3) is 4.33. The minimum Gasteiger partial charge on any atom is -0.302 e. The Kier molecular flexibility index (Phi) is 5.81. The summed E-state index contributed by atoms with van der Waals surface area (Å²) in [6, 6.07) is 0. The van der Waals surface area contributed by atoms with Crippen molar-refractivity contribution in [1.29, 1.82) is 0 Å². The Morgan fingerprint density at radius 2 is 2.15 bits per heavy atom. The summed E-state index contributed by atoms with van der Waals surface area (Å²) >= 11 is 5.74. The molecule has 1 saturated heterocycles. The second kappa shape index (κ2) is 6.67. The van der Waals surface area contributed by atoms with Gasteiger partial charge in [-0.25, -0.2) is 0 Å². The molecule has 2 heteroatoms. The van der Waals surface area contributed by atoms with Crippen LogP contribution in [0.1, 0.15) is 39.0 Å². The fourth-order valence-electron chi connectivity index (χ4n) is 2.26. The lowest BCUT2D eigenvalue weighted by molar-refractivity contribution is 0.295. The predicted octanol–water partition coefficient (Wildman–Crippen LogP) is 3.13. The monoisotopic (exact) mass is 203 g/mol. The molecule has 0 saturated carbocycles. The van der Waals surface area contributed by atoms with E-state index in [9.17, 15) is 0 Å². The zero-order chi connectivity index (χ0) is 9.52. The summed E-state index contributed by atoms with van der Waals surface area (Å²) in [6.07, 6.45) is 6.98. The number of likely N-dealkylation sites (tertiary alicyclic amines) is 1. The van der Waals surface area contributed by atoms with Gasteiger partial charge in [-0.15, -0.1) is 11.6 Å². The first-order chi connectivity index (χ1) is 6.36. The lowest BCUT2D eigenvalue weighted by atomic mass is 9.96. The highest BCUT2D eigenvalue weighted by Crippen LogP contribution is 2.21. The van der Waals surface area contributed by atoms with Crippen molar-refractivity contribution in [1.82, 2.24) is 4.90 Å². The number of nitrogens with zero attached hydrogens (tertiary/aromatic N) is 1. The number of rotatable bonds is 4. The molecule has 0 bridgehead atoms. The van der Waals surface area contributed by atoms with Crippen LogP contribution in [0.3, 0.4) is 0 Å². The fourth-order valence-corrected chi connectivity index (χ4v) is 2.50. The van der Waals surface area contributed by atoms with E-state index in [4.69, 9.17) is 11.6 Å². The van der Waals surface area contributed by atoms with Crippen molar-refractivity contribution in [3.05, 3.63) is 0 Å². The third-order valence-corrected chi connectivity index (χ3v) is 3.21. The van der Waals surface area contributed by atoms with Crippen LogP contribution in [0.4, 0.5) is 0 Å². The number of hydrogen-bond acceptors (Lipinski definition) is 1. The molecule has 1 heterocycles. The molecule has 0 radical (unpaired) electrons. The highest BCUT2D eigenvalue weighted by Gasteiger charge is 2.15. The normalized spacial score (nSPS) is 25.8. The lowest BCUT2D eigenvalue weighted by Gasteiger charge is -2.18. The molecule has 1 nitrogen and oxygen atoms in total. The fraction of sp³-hybridized carbons (Fsp3) is 1.00. The summed E-state index contributed by atoms with van der Waals surface area (Å²) in [5.74, 6) is 1.78. The molecule has 1 rings (SSSR count). The summed E-state index contributed by atoms with van der Waals surface area (Å²) in [6.45, 7) is 5.92. The SMILES string of the molecule is CCCC1CCCN(CCCl)CC1. The van der Waals surface area contributed by atoms with Crippen molar-refractivity contribution in [3.63, 3.8) is 0 Å². The molecule has 0 aromatic heterocycles. The largest absolute Gasteiger partial charge is 0.302 e. The molecule has 1 aliphatic rings. The van der Waals surface area contributed by atoms with Gasteiger partial charge in [0.25, 0.3) is 0 Å². The molecule has 0 N–H and O–H groups in total. The van der Waals surface area contributed by atoms with E-state index in [1.165, 1.54) is 45.2 Å². The van der Waals surface area contributed by atoms with E-state index < -0.39 is 0 Å². The summed E-state index contributed by atoms with van der Waals surface area (Å²) in [4.78, 5) is 2.52. The molecule has 78 valence electrons. The van der Waals surface area contributed by atoms with Gasteiger partial charge in [-0.3, -0.25) is 0 Å². The van der Waals surface area contributed by atoms with Gasteiger partial charge in [-0.1, -0.05) is 19.8 Å². The molecule has 1 unspecified atom stereocenters. The van der Waals surface area contributed by atoms with Crippen LogP contribution in [0.2, 0.25) is 0 Å². The summed E-state index contributed by atoms with van der Waals surface area (Å²) in [5.41, 5.74) is 0. The van der Waals surface area contributed by atoms with E-state index in [0.717, 1.165) is 18.3 Å². The van der Waals surface area contributed by atoms with E-state index in [2.05, 4.69) is 11.8 Å². The van der Waals surface area contributed by atoms with E-state index in [0.29, 0.717) is 0 Å². The van der Waals surface area contributed by atoms with Gasteiger partial charge in [-0.05, 0) is 38.3 Å². The highest BCUT2D eigenvalue weighted by atomic mass is 35.5. The average Bonchev–Trinajstić information content (AvgIpc) is 2.33.